The highest BCUT2D eigenvalue weighted by Crippen LogP contribution is 2.33. The monoisotopic (exact) mass is 465 g/mol. The Balaban J connectivity index is 1.60. The molecule has 1 aromatic heterocycles. The Morgan fingerprint density at radius 3 is 2.39 bits per heavy atom. The molecule has 0 radical (unpaired) electrons. The Labute approximate surface area is 183 Å². The van der Waals surface area contributed by atoms with Crippen molar-refractivity contribution in [3.05, 3.63) is 40.5 Å². The van der Waals surface area contributed by atoms with E-state index in [0.717, 1.165) is 0 Å². The number of anilines is 1. The number of hydrogen-bond donors (Lipinski definition) is 1. The number of piperazine rings is 1. The molecule has 0 spiro atoms. The van der Waals surface area contributed by atoms with E-state index in [-0.39, 0.29) is 36.3 Å². The fourth-order valence-corrected chi connectivity index (χ4v) is 5.37. The lowest BCUT2D eigenvalue weighted by Crippen LogP contribution is -2.52. The molecule has 12 heteroatoms. The zero-order chi connectivity index (χ0) is 22.3. The maximum absolute atomic E-state index is 12.7. The van der Waals surface area contributed by atoms with Crippen LogP contribution in [0.2, 0.25) is 5.02 Å². The molecule has 0 bridgehead atoms. The Kier molecular flexibility index (Phi) is 5.48. The second-order valence-electron chi connectivity index (χ2n) is 7.45. The third kappa shape index (κ3) is 4.28. The molecule has 0 saturated carbocycles. The Morgan fingerprint density at radius 2 is 1.74 bits per heavy atom. The fourth-order valence-electron chi connectivity index (χ4n) is 3.69. The quantitative estimate of drug-likeness (QED) is 0.647. The largest absolute Gasteiger partial charge is 0.339 e. The van der Waals surface area contributed by atoms with Crippen LogP contribution in [-0.2, 0) is 35.7 Å². The second kappa shape index (κ2) is 7.97. The van der Waals surface area contributed by atoms with Gasteiger partial charge in [0.05, 0.1) is 22.9 Å². The van der Waals surface area contributed by atoms with Crippen molar-refractivity contribution in [3.8, 4) is 5.69 Å². The smallest absolute Gasteiger partial charge is 0.315 e. The van der Waals surface area contributed by atoms with Gasteiger partial charge in [0, 0.05) is 43.7 Å². The van der Waals surface area contributed by atoms with Gasteiger partial charge >= 0.3 is 11.8 Å². The van der Waals surface area contributed by atoms with Crippen LogP contribution in [0.4, 0.5) is 5.82 Å². The van der Waals surface area contributed by atoms with Crippen LogP contribution in [0, 0.1) is 0 Å². The number of hydrogen-bond acceptors (Lipinski definition) is 6. The van der Waals surface area contributed by atoms with Crippen LogP contribution in [0.5, 0.6) is 0 Å². The topological polar surface area (TPSA) is 122 Å². The number of carbonyl (C=O) groups excluding carboxylic acids is 3. The number of rotatable bonds is 2. The number of amides is 3. The van der Waals surface area contributed by atoms with Crippen LogP contribution in [0.1, 0.15) is 18.2 Å². The van der Waals surface area contributed by atoms with Crippen molar-refractivity contribution >= 4 is 45.0 Å². The average molecular weight is 466 g/mol. The van der Waals surface area contributed by atoms with Gasteiger partial charge in [0.15, 0.2) is 9.84 Å². The van der Waals surface area contributed by atoms with Crippen molar-refractivity contribution in [2.75, 3.05) is 31.5 Å². The number of sulfone groups is 1. The van der Waals surface area contributed by atoms with Crippen molar-refractivity contribution in [1.29, 1.82) is 0 Å². The number of nitrogens with zero attached hydrogens (tertiary/aromatic N) is 4. The highest BCUT2D eigenvalue weighted by Gasteiger charge is 2.35. The van der Waals surface area contributed by atoms with E-state index in [1.54, 1.807) is 29.2 Å². The summed E-state index contributed by atoms with van der Waals surface area (Å²) in [5, 5.41) is 7.35. The number of benzene rings is 1. The SMILES string of the molecule is CC(=O)N1CCN(C(=O)C(=O)Nc2c3c(nn2-c2cccc(Cl)c2)CS(=O)(=O)C3)CC1. The van der Waals surface area contributed by atoms with E-state index in [1.165, 1.54) is 16.5 Å². The van der Waals surface area contributed by atoms with Crippen molar-refractivity contribution in [3.63, 3.8) is 0 Å². The van der Waals surface area contributed by atoms with E-state index in [1.807, 2.05) is 0 Å². The molecule has 3 amide bonds. The molecule has 31 heavy (non-hydrogen) atoms. The molecule has 10 nitrogen and oxygen atoms in total. The number of fused-ring (bicyclic) bond motifs is 1. The van der Waals surface area contributed by atoms with Gasteiger partial charge in [-0.2, -0.15) is 5.10 Å². The predicted octanol–water partition coefficient (Wildman–Crippen LogP) is 0.583. The first kappa shape index (κ1) is 21.3. The first-order valence-electron chi connectivity index (χ1n) is 9.57. The summed E-state index contributed by atoms with van der Waals surface area (Å²) in [6.07, 6.45) is 0. The van der Waals surface area contributed by atoms with E-state index >= 15 is 0 Å². The zero-order valence-electron chi connectivity index (χ0n) is 16.7. The molecule has 0 atom stereocenters. The summed E-state index contributed by atoms with van der Waals surface area (Å²) in [5.41, 5.74) is 1.22. The summed E-state index contributed by atoms with van der Waals surface area (Å²) in [6.45, 7) is 2.64. The second-order valence-corrected chi connectivity index (χ2v) is 9.95. The van der Waals surface area contributed by atoms with Crippen LogP contribution < -0.4 is 5.32 Å². The third-order valence-corrected chi connectivity index (χ3v) is 6.96. The van der Waals surface area contributed by atoms with Crippen molar-refractivity contribution in [2.45, 2.75) is 18.4 Å². The summed E-state index contributed by atoms with van der Waals surface area (Å²) in [4.78, 5) is 39.8. The van der Waals surface area contributed by atoms with Gasteiger partial charge < -0.3 is 15.1 Å². The lowest BCUT2D eigenvalue weighted by molar-refractivity contribution is -0.145. The number of halogens is 1. The van der Waals surface area contributed by atoms with E-state index < -0.39 is 21.7 Å². The molecule has 0 unspecified atom stereocenters. The lowest BCUT2D eigenvalue weighted by atomic mass is 10.2. The molecule has 2 aliphatic rings. The molecule has 2 aromatic rings. The summed E-state index contributed by atoms with van der Waals surface area (Å²) >= 11 is 6.07. The Morgan fingerprint density at radius 1 is 1.06 bits per heavy atom. The van der Waals surface area contributed by atoms with Crippen molar-refractivity contribution in [2.24, 2.45) is 0 Å². The summed E-state index contributed by atoms with van der Waals surface area (Å²) in [6, 6.07) is 6.71. The Bertz CT molecular complexity index is 1180. The summed E-state index contributed by atoms with van der Waals surface area (Å²) in [7, 11) is -3.37. The molecule has 0 aliphatic carbocycles. The molecule has 1 saturated heterocycles. The minimum Gasteiger partial charge on any atom is -0.339 e. The van der Waals surface area contributed by atoms with Crippen LogP contribution in [0.25, 0.3) is 5.69 Å². The number of aromatic nitrogens is 2. The van der Waals surface area contributed by atoms with E-state index in [0.29, 0.717) is 35.1 Å². The van der Waals surface area contributed by atoms with Gasteiger partial charge in [-0.05, 0) is 18.2 Å². The van der Waals surface area contributed by atoms with Gasteiger partial charge in [0.2, 0.25) is 5.91 Å². The molecule has 3 heterocycles. The van der Waals surface area contributed by atoms with E-state index in [2.05, 4.69) is 10.4 Å². The molecule has 164 valence electrons. The van der Waals surface area contributed by atoms with Crippen LogP contribution in [0.3, 0.4) is 0 Å². The zero-order valence-corrected chi connectivity index (χ0v) is 18.2. The summed E-state index contributed by atoms with van der Waals surface area (Å²) in [5.74, 6) is -2.11. The normalized spacial score (nSPS) is 17.4. The van der Waals surface area contributed by atoms with Gasteiger partial charge in [-0.3, -0.25) is 14.4 Å². The highest BCUT2D eigenvalue weighted by atomic mass is 35.5. The highest BCUT2D eigenvalue weighted by molar-refractivity contribution is 7.90. The number of carbonyl (C=O) groups is 3. The maximum Gasteiger partial charge on any atom is 0.315 e. The van der Waals surface area contributed by atoms with Gasteiger partial charge in [-0.25, -0.2) is 13.1 Å². The molecular weight excluding hydrogens is 446 g/mol. The van der Waals surface area contributed by atoms with Crippen molar-refractivity contribution in [1.82, 2.24) is 19.6 Å². The molecule has 1 N–H and O–H groups in total. The van der Waals surface area contributed by atoms with Gasteiger partial charge in [0.25, 0.3) is 0 Å². The van der Waals surface area contributed by atoms with E-state index in [9.17, 15) is 22.8 Å². The molecule has 4 rings (SSSR count). The van der Waals surface area contributed by atoms with Gasteiger partial charge in [-0.15, -0.1) is 0 Å². The first-order valence-corrected chi connectivity index (χ1v) is 11.8. The summed E-state index contributed by atoms with van der Waals surface area (Å²) < 4.78 is 25.5. The van der Waals surface area contributed by atoms with Gasteiger partial charge in [0.1, 0.15) is 5.82 Å². The van der Waals surface area contributed by atoms with E-state index in [4.69, 9.17) is 11.6 Å². The average Bonchev–Trinajstić information content (AvgIpc) is 3.19. The predicted molar refractivity (Wildman–Crippen MR) is 112 cm³/mol. The maximum atomic E-state index is 12.7. The lowest BCUT2D eigenvalue weighted by Gasteiger charge is -2.33. The molecule has 1 aromatic carbocycles. The molecule has 1 fully saturated rings. The van der Waals surface area contributed by atoms with Gasteiger partial charge in [-0.1, -0.05) is 17.7 Å². The standard InChI is InChI=1S/C19H20ClN5O5S/c1-12(26)23-5-7-24(8-6-23)19(28)18(27)21-17-15-10-31(29,30)11-16(15)22-25(17)14-4-2-3-13(20)9-14/h2-4,9H,5-8,10-11H2,1H3,(H,21,27). The minimum atomic E-state index is -3.37. The van der Waals surface area contributed by atoms with Crippen LogP contribution in [-0.4, -0.2) is 71.9 Å². The fraction of sp³-hybridized carbons (Fsp3) is 0.368. The van der Waals surface area contributed by atoms with Crippen molar-refractivity contribution < 1.29 is 22.8 Å². The molecule has 2 aliphatic heterocycles. The first-order chi connectivity index (χ1) is 14.6. The minimum absolute atomic E-state index is 0.0845. The van der Waals surface area contributed by atoms with Crippen LogP contribution >= 0.6 is 11.6 Å². The van der Waals surface area contributed by atoms with Crippen LogP contribution in [0.15, 0.2) is 24.3 Å². The number of nitrogens with one attached hydrogen (secondary N) is 1. The molecular formula is C19H20ClN5O5S. The Hall–Kier alpha value is -2.92. The third-order valence-electron chi connectivity index (χ3n) is 5.28.